The summed E-state index contributed by atoms with van der Waals surface area (Å²) in [5.41, 5.74) is 2.04. The lowest BCUT2D eigenvalue weighted by molar-refractivity contribution is -0.119. The largest absolute Gasteiger partial charge is 0.353 e. The standard InChI is InChI=1S/C17H25N5OS/c1-4-5-6-9-14(3)18-16(23)12-24-17-19-20-21-22(17)15-10-7-8-13(2)11-15/h7-8,10-11,14H,4-6,9,12H2,1-3H3,(H,18,23). The molecule has 2 aromatic rings. The summed E-state index contributed by atoms with van der Waals surface area (Å²) in [7, 11) is 0. The maximum absolute atomic E-state index is 12.1. The van der Waals surface area contributed by atoms with E-state index in [1.807, 2.05) is 31.2 Å². The average molecular weight is 347 g/mol. The highest BCUT2D eigenvalue weighted by Crippen LogP contribution is 2.18. The lowest BCUT2D eigenvalue weighted by Gasteiger charge is -2.13. The van der Waals surface area contributed by atoms with Crippen LogP contribution in [-0.2, 0) is 4.79 Å². The number of hydrogen-bond acceptors (Lipinski definition) is 5. The number of carbonyl (C=O) groups is 1. The summed E-state index contributed by atoms with van der Waals surface area (Å²) in [6.07, 6.45) is 4.57. The van der Waals surface area contributed by atoms with Gasteiger partial charge in [-0.1, -0.05) is 50.1 Å². The number of unbranched alkanes of at least 4 members (excludes halogenated alkanes) is 2. The number of hydrogen-bond donors (Lipinski definition) is 1. The molecule has 1 heterocycles. The van der Waals surface area contributed by atoms with Gasteiger partial charge in [-0.15, -0.1) is 5.10 Å². The van der Waals surface area contributed by atoms with Crippen LogP contribution in [0.5, 0.6) is 0 Å². The molecule has 0 saturated heterocycles. The van der Waals surface area contributed by atoms with Crippen molar-refractivity contribution in [2.45, 2.75) is 57.7 Å². The molecular weight excluding hydrogens is 322 g/mol. The van der Waals surface area contributed by atoms with Gasteiger partial charge in [-0.2, -0.15) is 4.68 Å². The van der Waals surface area contributed by atoms with Crippen molar-refractivity contribution in [1.29, 1.82) is 0 Å². The van der Waals surface area contributed by atoms with Crippen molar-refractivity contribution in [2.75, 3.05) is 5.75 Å². The highest BCUT2D eigenvalue weighted by atomic mass is 32.2. The molecule has 24 heavy (non-hydrogen) atoms. The number of carbonyl (C=O) groups excluding carboxylic acids is 1. The first-order chi connectivity index (χ1) is 11.6. The molecule has 1 N–H and O–H groups in total. The van der Waals surface area contributed by atoms with E-state index in [4.69, 9.17) is 0 Å². The summed E-state index contributed by atoms with van der Waals surface area (Å²) in [6, 6.07) is 8.15. The molecule has 0 radical (unpaired) electrons. The third-order valence-corrected chi connectivity index (χ3v) is 4.59. The number of amides is 1. The lowest BCUT2D eigenvalue weighted by Crippen LogP contribution is -2.33. The fourth-order valence-corrected chi connectivity index (χ4v) is 3.11. The van der Waals surface area contributed by atoms with Crippen molar-refractivity contribution >= 4 is 17.7 Å². The Morgan fingerprint density at radius 2 is 2.21 bits per heavy atom. The summed E-state index contributed by atoms with van der Waals surface area (Å²) >= 11 is 1.35. The molecule has 1 unspecified atom stereocenters. The minimum absolute atomic E-state index is 0.0165. The second-order valence-electron chi connectivity index (χ2n) is 5.97. The Kier molecular flexibility index (Phi) is 7.24. The van der Waals surface area contributed by atoms with Crippen molar-refractivity contribution in [3.63, 3.8) is 0 Å². The normalized spacial score (nSPS) is 12.1. The molecule has 2 rings (SSSR count). The van der Waals surface area contributed by atoms with Crippen LogP contribution in [0.3, 0.4) is 0 Å². The molecule has 130 valence electrons. The third-order valence-electron chi connectivity index (χ3n) is 3.67. The zero-order valence-electron chi connectivity index (χ0n) is 14.5. The first-order valence-electron chi connectivity index (χ1n) is 8.37. The number of rotatable bonds is 9. The quantitative estimate of drug-likeness (QED) is 0.557. The second kappa shape index (κ2) is 9.42. The monoisotopic (exact) mass is 347 g/mol. The van der Waals surface area contributed by atoms with Crippen LogP contribution in [0.4, 0.5) is 0 Å². The summed E-state index contributed by atoms with van der Waals surface area (Å²) in [5.74, 6) is 0.326. The van der Waals surface area contributed by atoms with E-state index in [1.54, 1.807) is 4.68 Å². The van der Waals surface area contributed by atoms with Gasteiger partial charge in [0.1, 0.15) is 0 Å². The van der Waals surface area contributed by atoms with Crippen LogP contribution < -0.4 is 5.32 Å². The zero-order valence-corrected chi connectivity index (χ0v) is 15.3. The van der Waals surface area contributed by atoms with E-state index in [0.717, 1.165) is 24.1 Å². The van der Waals surface area contributed by atoms with E-state index < -0.39 is 0 Å². The van der Waals surface area contributed by atoms with Crippen molar-refractivity contribution < 1.29 is 4.79 Å². The zero-order chi connectivity index (χ0) is 17.4. The molecule has 0 bridgehead atoms. The molecule has 1 aromatic carbocycles. The molecule has 6 nitrogen and oxygen atoms in total. The van der Waals surface area contributed by atoms with E-state index in [1.165, 1.54) is 24.6 Å². The predicted molar refractivity (Wildman–Crippen MR) is 96.4 cm³/mol. The van der Waals surface area contributed by atoms with Crippen molar-refractivity contribution in [3.8, 4) is 5.69 Å². The highest BCUT2D eigenvalue weighted by Gasteiger charge is 2.13. The van der Waals surface area contributed by atoms with E-state index >= 15 is 0 Å². The number of benzene rings is 1. The Balaban J connectivity index is 1.87. The Bertz CT molecular complexity index is 658. The van der Waals surface area contributed by atoms with Crippen LogP contribution in [0.15, 0.2) is 29.4 Å². The Morgan fingerprint density at radius 1 is 1.38 bits per heavy atom. The first kappa shape index (κ1) is 18.4. The molecule has 0 fully saturated rings. The minimum Gasteiger partial charge on any atom is -0.353 e. The van der Waals surface area contributed by atoms with Gasteiger partial charge in [0.15, 0.2) is 0 Å². The molecule has 0 spiro atoms. The van der Waals surface area contributed by atoms with Crippen LogP contribution in [0, 0.1) is 6.92 Å². The van der Waals surface area contributed by atoms with Gasteiger partial charge in [-0.25, -0.2) is 0 Å². The third kappa shape index (κ3) is 5.63. The van der Waals surface area contributed by atoms with Crippen LogP contribution in [0.2, 0.25) is 0 Å². The van der Waals surface area contributed by atoms with E-state index in [9.17, 15) is 4.79 Å². The average Bonchev–Trinajstić information content (AvgIpc) is 3.01. The van der Waals surface area contributed by atoms with Gasteiger partial charge in [0.2, 0.25) is 11.1 Å². The number of nitrogens with zero attached hydrogens (tertiary/aromatic N) is 4. The van der Waals surface area contributed by atoms with E-state index in [0.29, 0.717) is 10.9 Å². The fraction of sp³-hybridized carbons (Fsp3) is 0.529. The van der Waals surface area contributed by atoms with Gasteiger partial charge in [0.25, 0.3) is 0 Å². The predicted octanol–water partition coefficient (Wildman–Crippen LogP) is 3.15. The van der Waals surface area contributed by atoms with Gasteiger partial charge in [-0.3, -0.25) is 4.79 Å². The van der Waals surface area contributed by atoms with Gasteiger partial charge in [0.05, 0.1) is 11.4 Å². The molecule has 7 heteroatoms. The van der Waals surface area contributed by atoms with Gasteiger partial charge in [-0.05, 0) is 48.4 Å². The number of tetrazole rings is 1. The molecular formula is C17H25N5OS. The van der Waals surface area contributed by atoms with Crippen LogP contribution in [-0.4, -0.2) is 37.9 Å². The van der Waals surface area contributed by atoms with E-state index in [2.05, 4.69) is 34.7 Å². The second-order valence-corrected chi connectivity index (χ2v) is 6.91. The molecule has 0 aliphatic heterocycles. The molecule has 1 atom stereocenters. The van der Waals surface area contributed by atoms with Gasteiger partial charge < -0.3 is 5.32 Å². The number of aromatic nitrogens is 4. The van der Waals surface area contributed by atoms with Crippen molar-refractivity contribution in [3.05, 3.63) is 29.8 Å². The molecule has 1 aromatic heterocycles. The van der Waals surface area contributed by atoms with Crippen molar-refractivity contribution in [1.82, 2.24) is 25.5 Å². The van der Waals surface area contributed by atoms with Crippen LogP contribution in [0.1, 0.15) is 45.1 Å². The molecule has 0 aliphatic carbocycles. The number of nitrogens with one attached hydrogen (secondary N) is 1. The SMILES string of the molecule is CCCCCC(C)NC(=O)CSc1nnnn1-c1cccc(C)c1. The smallest absolute Gasteiger partial charge is 0.230 e. The fourth-order valence-electron chi connectivity index (χ4n) is 2.41. The van der Waals surface area contributed by atoms with Crippen LogP contribution in [0.25, 0.3) is 5.69 Å². The first-order valence-corrected chi connectivity index (χ1v) is 9.36. The Labute approximate surface area is 147 Å². The summed E-state index contributed by atoms with van der Waals surface area (Å²) in [5, 5.41) is 15.4. The van der Waals surface area contributed by atoms with E-state index in [-0.39, 0.29) is 11.9 Å². The summed E-state index contributed by atoms with van der Waals surface area (Å²) in [4.78, 5) is 12.1. The Hall–Kier alpha value is -1.89. The molecule has 0 aliphatic rings. The maximum atomic E-state index is 12.1. The summed E-state index contributed by atoms with van der Waals surface area (Å²) in [6.45, 7) is 6.25. The number of aryl methyl sites for hydroxylation is 1. The highest BCUT2D eigenvalue weighted by molar-refractivity contribution is 7.99. The summed E-state index contributed by atoms with van der Waals surface area (Å²) < 4.78 is 1.66. The van der Waals surface area contributed by atoms with Gasteiger partial charge >= 0.3 is 0 Å². The molecule has 0 saturated carbocycles. The minimum atomic E-state index is 0.0165. The number of thioether (sulfide) groups is 1. The topological polar surface area (TPSA) is 72.7 Å². The van der Waals surface area contributed by atoms with Gasteiger partial charge in [0, 0.05) is 6.04 Å². The lowest BCUT2D eigenvalue weighted by atomic mass is 10.1. The Morgan fingerprint density at radius 3 is 2.96 bits per heavy atom. The van der Waals surface area contributed by atoms with Crippen molar-refractivity contribution in [2.24, 2.45) is 0 Å². The van der Waals surface area contributed by atoms with Crippen LogP contribution >= 0.6 is 11.8 Å². The molecule has 1 amide bonds. The maximum Gasteiger partial charge on any atom is 0.230 e.